The summed E-state index contributed by atoms with van der Waals surface area (Å²) in [6, 6.07) is 0.600. The number of aliphatic hydroxyl groups is 1. The molecule has 0 spiro atoms. The van der Waals surface area contributed by atoms with Gasteiger partial charge in [-0.05, 0) is 37.0 Å². The maximum absolute atomic E-state index is 13.0. The Morgan fingerprint density at radius 3 is 1.92 bits per heavy atom. The summed E-state index contributed by atoms with van der Waals surface area (Å²) in [5, 5.41) is 36.1. The molecule has 4 amide bonds. The van der Waals surface area contributed by atoms with E-state index in [4.69, 9.17) is 11.5 Å². The second-order valence-corrected chi connectivity index (χ2v) is 8.84. The number of carbonyl (C=O) groups is 5. The third-order valence-electron chi connectivity index (χ3n) is 5.34. The third-order valence-corrected chi connectivity index (χ3v) is 5.34. The van der Waals surface area contributed by atoms with Gasteiger partial charge in [0.05, 0.1) is 12.1 Å². The molecule has 0 aromatic heterocycles. The van der Waals surface area contributed by atoms with Crippen molar-refractivity contribution in [1.29, 1.82) is 0 Å². The van der Waals surface area contributed by atoms with Crippen molar-refractivity contribution in [1.82, 2.24) is 16.0 Å². The predicted molar refractivity (Wildman–Crippen MR) is 128 cm³/mol. The second kappa shape index (κ2) is 14.0. The zero-order valence-electron chi connectivity index (χ0n) is 20.4. The van der Waals surface area contributed by atoms with Crippen LogP contribution in [0.5, 0.6) is 5.75 Å². The Morgan fingerprint density at radius 2 is 1.44 bits per heavy atom. The molecule has 5 unspecified atom stereocenters. The zero-order valence-corrected chi connectivity index (χ0v) is 20.4. The number of carboxylic acid groups (broad SMARTS) is 1. The van der Waals surface area contributed by atoms with Gasteiger partial charge in [-0.15, -0.1) is 0 Å². The molecule has 0 heterocycles. The summed E-state index contributed by atoms with van der Waals surface area (Å²) in [4.78, 5) is 60.8. The Kier molecular flexibility index (Phi) is 11.8. The number of carbonyl (C=O) groups excluding carboxylic acids is 4. The van der Waals surface area contributed by atoms with Crippen LogP contribution in [-0.4, -0.2) is 75.2 Å². The Labute approximate surface area is 208 Å². The van der Waals surface area contributed by atoms with Crippen LogP contribution >= 0.6 is 0 Å². The van der Waals surface area contributed by atoms with Crippen molar-refractivity contribution in [3.63, 3.8) is 0 Å². The first-order valence-corrected chi connectivity index (χ1v) is 11.4. The Bertz CT molecular complexity index is 935. The zero-order chi connectivity index (χ0) is 27.6. The largest absolute Gasteiger partial charge is 0.508 e. The minimum absolute atomic E-state index is 0.0147. The van der Waals surface area contributed by atoms with Gasteiger partial charge in [0.1, 0.15) is 23.9 Å². The van der Waals surface area contributed by atoms with Crippen molar-refractivity contribution < 1.29 is 39.3 Å². The monoisotopic (exact) mass is 509 g/mol. The number of nitrogens with two attached hydrogens (primary N) is 2. The number of carboxylic acids is 1. The van der Waals surface area contributed by atoms with Gasteiger partial charge in [-0.3, -0.25) is 19.2 Å². The normalized spacial score (nSPS) is 15.2. The van der Waals surface area contributed by atoms with Crippen LogP contribution in [0.25, 0.3) is 0 Å². The second-order valence-electron chi connectivity index (χ2n) is 8.84. The molecule has 5 atom stereocenters. The van der Waals surface area contributed by atoms with Crippen LogP contribution in [0.3, 0.4) is 0 Å². The highest BCUT2D eigenvalue weighted by Gasteiger charge is 2.33. The first-order valence-electron chi connectivity index (χ1n) is 11.4. The summed E-state index contributed by atoms with van der Waals surface area (Å²) in [7, 11) is 0. The number of aliphatic carboxylic acids is 1. The Morgan fingerprint density at radius 1 is 0.889 bits per heavy atom. The minimum atomic E-state index is -1.51. The van der Waals surface area contributed by atoms with E-state index >= 15 is 0 Å². The number of amides is 4. The fourth-order valence-electron chi connectivity index (χ4n) is 3.20. The van der Waals surface area contributed by atoms with Crippen molar-refractivity contribution in [3.05, 3.63) is 29.8 Å². The lowest BCUT2D eigenvalue weighted by molar-refractivity contribution is -0.143. The number of aromatic hydroxyl groups is 1. The molecule has 1 rings (SSSR count). The van der Waals surface area contributed by atoms with Crippen LogP contribution in [0, 0.1) is 5.92 Å². The number of phenols is 1. The lowest BCUT2D eigenvalue weighted by Crippen LogP contribution is -2.60. The van der Waals surface area contributed by atoms with Gasteiger partial charge in [-0.1, -0.05) is 26.0 Å². The lowest BCUT2D eigenvalue weighted by Gasteiger charge is -2.27. The van der Waals surface area contributed by atoms with E-state index in [2.05, 4.69) is 16.0 Å². The van der Waals surface area contributed by atoms with Crippen molar-refractivity contribution >= 4 is 29.6 Å². The van der Waals surface area contributed by atoms with Crippen molar-refractivity contribution in [3.8, 4) is 5.75 Å². The van der Waals surface area contributed by atoms with Crippen molar-refractivity contribution in [2.24, 2.45) is 17.4 Å². The van der Waals surface area contributed by atoms with E-state index in [-0.39, 0.29) is 25.0 Å². The number of rotatable bonds is 14. The number of benzene rings is 1. The van der Waals surface area contributed by atoms with E-state index < -0.39 is 65.8 Å². The molecule has 0 aliphatic carbocycles. The third kappa shape index (κ3) is 9.88. The molecular formula is C23H35N5O8. The number of phenolic OH excluding ortho intramolecular Hbond substituents is 1. The fraction of sp³-hybridized carbons (Fsp3) is 0.522. The van der Waals surface area contributed by atoms with Crippen molar-refractivity contribution in [2.45, 2.75) is 70.3 Å². The summed E-state index contributed by atoms with van der Waals surface area (Å²) >= 11 is 0. The summed E-state index contributed by atoms with van der Waals surface area (Å²) < 4.78 is 0. The molecule has 13 nitrogen and oxygen atoms in total. The summed E-state index contributed by atoms with van der Waals surface area (Å²) in [5.41, 5.74) is 11.3. The maximum atomic E-state index is 13.0. The Balaban J connectivity index is 3.10. The average molecular weight is 510 g/mol. The van der Waals surface area contributed by atoms with Gasteiger partial charge >= 0.3 is 5.97 Å². The highest BCUT2D eigenvalue weighted by Crippen LogP contribution is 2.12. The molecule has 0 saturated heterocycles. The molecule has 0 fully saturated rings. The van der Waals surface area contributed by atoms with Crippen LogP contribution in [0.4, 0.5) is 0 Å². The SMILES string of the molecule is CC(C)C(NC(=O)C(Cc1ccc(O)cc1)NC(=O)C(NC(=O)C(N)CCC(N)=O)C(C)O)C(=O)O. The van der Waals surface area contributed by atoms with Crippen molar-refractivity contribution in [2.75, 3.05) is 0 Å². The molecule has 200 valence electrons. The topological polar surface area (TPSA) is 234 Å². The van der Waals surface area contributed by atoms with Gasteiger partial charge in [0, 0.05) is 12.8 Å². The molecule has 0 saturated carbocycles. The van der Waals surface area contributed by atoms with Crippen LogP contribution < -0.4 is 27.4 Å². The number of aliphatic hydroxyl groups excluding tert-OH is 1. The number of hydrogen-bond donors (Lipinski definition) is 8. The molecule has 0 aliphatic rings. The van der Waals surface area contributed by atoms with E-state index in [0.717, 1.165) is 0 Å². The molecule has 10 N–H and O–H groups in total. The van der Waals surface area contributed by atoms with Crippen LogP contribution in [0.2, 0.25) is 0 Å². The first kappa shape index (κ1) is 30.3. The fourth-order valence-corrected chi connectivity index (χ4v) is 3.20. The summed E-state index contributed by atoms with van der Waals surface area (Å²) in [6.07, 6.45) is -1.71. The van der Waals surface area contributed by atoms with Gasteiger partial charge in [-0.25, -0.2) is 4.79 Å². The van der Waals surface area contributed by atoms with E-state index in [1.807, 2.05) is 0 Å². The molecule has 0 radical (unpaired) electrons. The van der Waals surface area contributed by atoms with Gasteiger partial charge in [0.25, 0.3) is 0 Å². The van der Waals surface area contributed by atoms with Gasteiger partial charge in [0.2, 0.25) is 23.6 Å². The maximum Gasteiger partial charge on any atom is 0.326 e. The van der Waals surface area contributed by atoms with Gasteiger partial charge in [-0.2, -0.15) is 0 Å². The van der Waals surface area contributed by atoms with Crippen LogP contribution in [0.1, 0.15) is 39.2 Å². The number of primary amides is 1. The first-order chi connectivity index (χ1) is 16.7. The summed E-state index contributed by atoms with van der Waals surface area (Å²) in [5.74, 6) is -4.92. The molecule has 0 bridgehead atoms. The molecule has 1 aromatic rings. The molecular weight excluding hydrogens is 474 g/mol. The minimum Gasteiger partial charge on any atom is -0.508 e. The van der Waals surface area contributed by atoms with Gasteiger partial charge < -0.3 is 42.7 Å². The highest BCUT2D eigenvalue weighted by atomic mass is 16.4. The van der Waals surface area contributed by atoms with Crippen LogP contribution in [-0.2, 0) is 30.4 Å². The lowest BCUT2D eigenvalue weighted by atomic mass is 10.0. The van der Waals surface area contributed by atoms with Gasteiger partial charge in [0.15, 0.2) is 0 Å². The van der Waals surface area contributed by atoms with E-state index in [0.29, 0.717) is 5.56 Å². The molecule has 36 heavy (non-hydrogen) atoms. The highest BCUT2D eigenvalue weighted by molar-refractivity contribution is 5.94. The average Bonchev–Trinajstić information content (AvgIpc) is 2.79. The predicted octanol–water partition coefficient (Wildman–Crippen LogP) is -1.90. The van der Waals surface area contributed by atoms with E-state index in [1.54, 1.807) is 13.8 Å². The molecule has 1 aromatic carbocycles. The number of hydrogen-bond acceptors (Lipinski definition) is 8. The van der Waals surface area contributed by atoms with Crippen LogP contribution in [0.15, 0.2) is 24.3 Å². The number of nitrogens with one attached hydrogen (secondary N) is 3. The standard InChI is InChI=1S/C23H35N5O8/c1-11(2)18(23(35)36)27-21(33)16(10-13-4-6-14(30)7-5-13)26-22(34)19(12(3)29)28-20(32)15(24)8-9-17(25)31/h4-7,11-12,15-16,18-19,29-30H,8-10,24H2,1-3H3,(H2,25,31)(H,26,34)(H,27,33)(H,28,32)(H,35,36). The Hall–Kier alpha value is -3.71. The van der Waals surface area contributed by atoms with E-state index in [1.165, 1.54) is 31.2 Å². The van der Waals surface area contributed by atoms with E-state index in [9.17, 15) is 39.3 Å². The summed E-state index contributed by atoms with van der Waals surface area (Å²) in [6.45, 7) is 4.45. The molecule has 0 aliphatic heterocycles. The molecule has 13 heteroatoms. The quantitative estimate of drug-likeness (QED) is 0.140. The smallest absolute Gasteiger partial charge is 0.326 e.